The molecule has 3 aromatic rings. The Hall–Kier alpha value is -3.55. The minimum Gasteiger partial charge on any atom is -0.340 e. The Morgan fingerprint density at radius 3 is 2.48 bits per heavy atom. The molecule has 1 aliphatic heterocycles. The number of anilines is 1. The smallest absolute Gasteiger partial charge is 0.257 e. The fourth-order valence-corrected chi connectivity index (χ4v) is 3.99. The first-order chi connectivity index (χ1) is 15.8. The molecular formula is C25H26F2N4O2. The van der Waals surface area contributed by atoms with E-state index in [1.165, 1.54) is 6.07 Å². The van der Waals surface area contributed by atoms with Crippen molar-refractivity contribution in [1.29, 1.82) is 0 Å². The normalized spacial score (nSPS) is 14.0. The highest BCUT2D eigenvalue weighted by molar-refractivity contribution is 6.01. The van der Waals surface area contributed by atoms with E-state index in [4.69, 9.17) is 4.98 Å². The van der Waals surface area contributed by atoms with E-state index in [0.717, 1.165) is 55.0 Å². The molecule has 0 aliphatic carbocycles. The molecule has 4 rings (SSSR count). The number of halogens is 2. The van der Waals surface area contributed by atoms with Crippen LogP contribution in [0, 0.1) is 17.6 Å². The first kappa shape index (κ1) is 22.6. The van der Waals surface area contributed by atoms with Gasteiger partial charge in [0.25, 0.3) is 5.91 Å². The fourth-order valence-electron chi connectivity index (χ4n) is 3.99. The Kier molecular flexibility index (Phi) is 6.53. The molecule has 1 aliphatic rings. The van der Waals surface area contributed by atoms with Crippen molar-refractivity contribution in [3.8, 4) is 11.3 Å². The topological polar surface area (TPSA) is 76.0 Å². The molecular weight excluding hydrogens is 426 g/mol. The fraction of sp³-hybridized carbons (Fsp3) is 0.320. The van der Waals surface area contributed by atoms with Gasteiger partial charge in [0.15, 0.2) is 0 Å². The second kappa shape index (κ2) is 9.52. The Bertz CT molecular complexity index is 1150. The van der Waals surface area contributed by atoms with Gasteiger partial charge in [-0.3, -0.25) is 9.59 Å². The van der Waals surface area contributed by atoms with E-state index in [-0.39, 0.29) is 5.92 Å². The lowest BCUT2D eigenvalue weighted by molar-refractivity contribution is -0.118. The van der Waals surface area contributed by atoms with Gasteiger partial charge in [-0.2, -0.15) is 0 Å². The molecule has 172 valence electrons. The number of carbonyl (C=O) groups excluding carboxylic acids is 2. The molecule has 2 aromatic carbocycles. The SMILES string of the molecule is CC(C)[C@H](NC(=O)c1c(F)cccc1F)C(=O)Nc1cccc(-c2cn3c(n2)CCCC3)c1. The van der Waals surface area contributed by atoms with Crippen LogP contribution in [0.5, 0.6) is 0 Å². The minimum absolute atomic E-state index is 0.313. The summed E-state index contributed by atoms with van der Waals surface area (Å²) in [6, 6.07) is 9.50. The van der Waals surface area contributed by atoms with E-state index >= 15 is 0 Å². The molecule has 0 spiro atoms. The Labute approximate surface area is 191 Å². The van der Waals surface area contributed by atoms with Crippen molar-refractivity contribution in [1.82, 2.24) is 14.9 Å². The van der Waals surface area contributed by atoms with Crippen LogP contribution in [0.2, 0.25) is 0 Å². The highest BCUT2D eigenvalue weighted by Gasteiger charge is 2.27. The molecule has 2 amide bonds. The predicted molar refractivity (Wildman–Crippen MR) is 122 cm³/mol. The molecule has 2 heterocycles. The van der Waals surface area contributed by atoms with Gasteiger partial charge in [0.05, 0.1) is 5.69 Å². The van der Waals surface area contributed by atoms with Crippen LogP contribution in [0.1, 0.15) is 42.9 Å². The van der Waals surface area contributed by atoms with Crippen LogP contribution in [0.4, 0.5) is 14.5 Å². The van der Waals surface area contributed by atoms with Crippen LogP contribution >= 0.6 is 0 Å². The van der Waals surface area contributed by atoms with Crippen molar-refractivity contribution in [3.05, 3.63) is 71.7 Å². The molecule has 6 nitrogen and oxygen atoms in total. The van der Waals surface area contributed by atoms with Crippen LogP contribution in [-0.2, 0) is 17.8 Å². The summed E-state index contributed by atoms with van der Waals surface area (Å²) in [5.41, 5.74) is 1.54. The number of aromatic nitrogens is 2. The van der Waals surface area contributed by atoms with Crippen LogP contribution in [-0.4, -0.2) is 27.4 Å². The summed E-state index contributed by atoms with van der Waals surface area (Å²) in [5.74, 6) is -2.66. The summed E-state index contributed by atoms with van der Waals surface area (Å²) in [6.45, 7) is 4.44. The summed E-state index contributed by atoms with van der Waals surface area (Å²) in [4.78, 5) is 30.2. The third-order valence-corrected chi connectivity index (χ3v) is 5.76. The number of nitrogens with zero attached hydrogens (tertiary/aromatic N) is 2. The maximum absolute atomic E-state index is 14.0. The molecule has 0 saturated heterocycles. The van der Waals surface area contributed by atoms with Crippen molar-refractivity contribution < 1.29 is 18.4 Å². The zero-order valence-electron chi connectivity index (χ0n) is 18.6. The lowest BCUT2D eigenvalue weighted by atomic mass is 10.0. The molecule has 0 fully saturated rings. The van der Waals surface area contributed by atoms with Gasteiger partial charge in [-0.05, 0) is 43.0 Å². The molecule has 1 atom stereocenters. The molecule has 0 radical (unpaired) electrons. The maximum atomic E-state index is 14.0. The number of aryl methyl sites for hydroxylation is 2. The molecule has 0 bridgehead atoms. The summed E-state index contributed by atoms with van der Waals surface area (Å²) in [6.07, 6.45) is 5.24. The van der Waals surface area contributed by atoms with Crippen LogP contribution < -0.4 is 10.6 Å². The number of amides is 2. The minimum atomic E-state index is -0.986. The van der Waals surface area contributed by atoms with Crippen molar-refractivity contribution in [2.45, 2.75) is 45.7 Å². The molecule has 2 N–H and O–H groups in total. The lowest BCUT2D eigenvalue weighted by Crippen LogP contribution is -2.47. The van der Waals surface area contributed by atoms with E-state index in [0.29, 0.717) is 5.69 Å². The van der Waals surface area contributed by atoms with Gasteiger partial charge in [0.2, 0.25) is 5.91 Å². The van der Waals surface area contributed by atoms with Crippen LogP contribution in [0.3, 0.4) is 0 Å². The maximum Gasteiger partial charge on any atom is 0.257 e. The van der Waals surface area contributed by atoms with E-state index in [1.807, 2.05) is 24.4 Å². The third-order valence-electron chi connectivity index (χ3n) is 5.76. The molecule has 33 heavy (non-hydrogen) atoms. The quantitative estimate of drug-likeness (QED) is 0.576. The van der Waals surface area contributed by atoms with Crippen molar-refractivity contribution >= 4 is 17.5 Å². The number of rotatable bonds is 6. The van der Waals surface area contributed by atoms with Crippen molar-refractivity contribution in [2.75, 3.05) is 5.32 Å². The second-order valence-corrected chi connectivity index (χ2v) is 8.55. The van der Waals surface area contributed by atoms with Crippen molar-refractivity contribution in [2.24, 2.45) is 5.92 Å². The number of hydrogen-bond acceptors (Lipinski definition) is 3. The second-order valence-electron chi connectivity index (χ2n) is 8.55. The highest BCUT2D eigenvalue weighted by Crippen LogP contribution is 2.25. The van der Waals surface area contributed by atoms with Crippen LogP contribution in [0.15, 0.2) is 48.7 Å². The van der Waals surface area contributed by atoms with E-state index in [1.54, 1.807) is 19.9 Å². The molecule has 0 unspecified atom stereocenters. The third kappa shape index (κ3) is 4.94. The number of fused-ring (bicyclic) bond motifs is 1. The zero-order valence-corrected chi connectivity index (χ0v) is 18.6. The predicted octanol–water partition coefficient (Wildman–Crippen LogP) is 4.56. The molecule has 1 aromatic heterocycles. The van der Waals surface area contributed by atoms with Gasteiger partial charge < -0.3 is 15.2 Å². The van der Waals surface area contributed by atoms with Gasteiger partial charge in [0.1, 0.15) is 29.1 Å². The Balaban J connectivity index is 1.50. The first-order valence-electron chi connectivity index (χ1n) is 11.1. The number of nitrogens with one attached hydrogen (secondary N) is 2. The summed E-state index contributed by atoms with van der Waals surface area (Å²) >= 11 is 0. The number of hydrogen-bond donors (Lipinski definition) is 2. The van der Waals surface area contributed by atoms with E-state index in [9.17, 15) is 18.4 Å². The number of benzene rings is 2. The summed E-state index contributed by atoms with van der Waals surface area (Å²) in [5, 5.41) is 5.27. The van der Waals surface area contributed by atoms with Gasteiger partial charge in [0, 0.05) is 30.4 Å². The Morgan fingerprint density at radius 2 is 1.79 bits per heavy atom. The Morgan fingerprint density at radius 1 is 1.06 bits per heavy atom. The lowest BCUT2D eigenvalue weighted by Gasteiger charge is -2.22. The summed E-state index contributed by atoms with van der Waals surface area (Å²) in [7, 11) is 0. The number of carbonyl (C=O) groups is 2. The number of imidazole rings is 1. The van der Waals surface area contributed by atoms with Crippen molar-refractivity contribution in [3.63, 3.8) is 0 Å². The average Bonchev–Trinajstić information content (AvgIpc) is 3.22. The van der Waals surface area contributed by atoms with Gasteiger partial charge in [-0.25, -0.2) is 13.8 Å². The standard InChI is InChI=1S/C25H26F2N4O2/c1-15(2)23(30-24(32)22-18(26)9-6-10-19(22)27)25(33)28-17-8-5-7-16(13-17)20-14-31-12-4-3-11-21(31)29-20/h5-10,13-15,23H,3-4,11-12H2,1-2H3,(H,28,33)(H,30,32)/t23-/m0/s1. The monoisotopic (exact) mass is 452 g/mol. The highest BCUT2D eigenvalue weighted by atomic mass is 19.1. The van der Waals surface area contributed by atoms with Gasteiger partial charge in [-0.1, -0.05) is 32.0 Å². The van der Waals surface area contributed by atoms with E-state index in [2.05, 4.69) is 15.2 Å². The molecule has 8 heteroatoms. The first-order valence-corrected chi connectivity index (χ1v) is 11.1. The summed E-state index contributed by atoms with van der Waals surface area (Å²) < 4.78 is 30.1. The largest absolute Gasteiger partial charge is 0.340 e. The average molecular weight is 453 g/mol. The van der Waals surface area contributed by atoms with Crippen LogP contribution in [0.25, 0.3) is 11.3 Å². The van der Waals surface area contributed by atoms with E-state index < -0.39 is 35.1 Å². The zero-order chi connectivity index (χ0) is 23.5. The van der Waals surface area contributed by atoms with Gasteiger partial charge >= 0.3 is 0 Å². The molecule has 0 saturated carbocycles. The van der Waals surface area contributed by atoms with Gasteiger partial charge in [-0.15, -0.1) is 0 Å².